The van der Waals surface area contributed by atoms with Gasteiger partial charge in [0.2, 0.25) is 5.88 Å². The molecule has 0 spiro atoms. The van der Waals surface area contributed by atoms with E-state index in [0.29, 0.717) is 41.6 Å². The summed E-state index contributed by atoms with van der Waals surface area (Å²) in [5.41, 5.74) is 1.25. The van der Waals surface area contributed by atoms with Crippen molar-refractivity contribution in [1.82, 2.24) is 0 Å². The van der Waals surface area contributed by atoms with Crippen LogP contribution < -0.4 is 14.8 Å². The third-order valence-corrected chi connectivity index (χ3v) is 4.53. The molecular formula is C21H20N2O7. The second-order valence-electron chi connectivity index (χ2n) is 6.59. The lowest BCUT2D eigenvalue weighted by molar-refractivity contribution is -0.147. The smallest absolute Gasteiger partial charge is 0.306 e. The van der Waals surface area contributed by atoms with Crippen molar-refractivity contribution in [3.63, 3.8) is 0 Å². The number of ketones is 1. The average molecular weight is 412 g/mol. The Morgan fingerprint density at radius 1 is 1.13 bits per heavy atom. The fourth-order valence-corrected chi connectivity index (χ4v) is 2.81. The van der Waals surface area contributed by atoms with E-state index in [2.05, 4.69) is 5.32 Å². The summed E-state index contributed by atoms with van der Waals surface area (Å²) in [4.78, 5) is 36.1. The summed E-state index contributed by atoms with van der Waals surface area (Å²) in [6.45, 7) is 3.68. The Kier molecular flexibility index (Phi) is 6.37. The van der Waals surface area contributed by atoms with Crippen LogP contribution >= 0.6 is 0 Å². The number of hydrogen-bond donors (Lipinski definition) is 1. The first-order valence-corrected chi connectivity index (χ1v) is 9.27. The van der Waals surface area contributed by atoms with Gasteiger partial charge < -0.3 is 18.6 Å². The number of nitrogens with one attached hydrogen (secondary N) is 1. The average Bonchev–Trinajstić information content (AvgIpc) is 3.02. The lowest BCUT2D eigenvalue weighted by atomic mass is 10.1. The first kappa shape index (κ1) is 20.9. The third kappa shape index (κ3) is 4.78. The van der Waals surface area contributed by atoms with Crippen LogP contribution in [0.25, 0.3) is 0 Å². The number of anilines is 1. The largest absolute Gasteiger partial charge is 0.486 e. The minimum Gasteiger partial charge on any atom is -0.486 e. The minimum absolute atomic E-state index is 0.0161. The number of amides is 1. The van der Waals surface area contributed by atoms with E-state index in [9.17, 15) is 14.4 Å². The zero-order chi connectivity index (χ0) is 21.7. The van der Waals surface area contributed by atoms with Gasteiger partial charge in [-0.15, -0.1) is 0 Å². The molecule has 2 aromatic rings. The zero-order valence-electron chi connectivity index (χ0n) is 16.6. The Labute approximate surface area is 172 Å². The maximum Gasteiger partial charge on any atom is 0.306 e. The summed E-state index contributed by atoms with van der Waals surface area (Å²) in [5.74, 6) is -0.00117. The summed E-state index contributed by atoms with van der Waals surface area (Å²) in [7, 11) is 0. The number of Topliss-reactive ketones (excluding diaryl/α,β-unsaturated/α-hetero) is 1. The van der Waals surface area contributed by atoms with E-state index >= 15 is 0 Å². The third-order valence-electron chi connectivity index (χ3n) is 4.53. The molecule has 2 heterocycles. The number of nitrogens with zero attached hydrogens (tertiary/aromatic N) is 1. The number of carbonyl (C=O) groups excluding carboxylic acids is 3. The van der Waals surface area contributed by atoms with Crippen LogP contribution in [0.4, 0.5) is 5.88 Å². The number of fused-ring (bicyclic) bond motifs is 1. The fraction of sp³-hybridized carbons (Fsp3) is 0.333. The van der Waals surface area contributed by atoms with Gasteiger partial charge in [0.25, 0.3) is 5.91 Å². The highest BCUT2D eigenvalue weighted by Gasteiger charge is 2.19. The standard InChI is InChI=1S/C21H20N2O7/c1-12-13(2)30-21(15(12)10-22)23-19(25)11-29-20(26)6-4-16(24)14-3-5-17-18(9-14)28-8-7-27-17/h3,5,9H,4,6-8,11H2,1-2H3,(H,23,25). The number of aryl methyl sites for hydroxylation is 1. The molecule has 3 rings (SSSR count). The number of esters is 1. The number of nitriles is 1. The molecule has 30 heavy (non-hydrogen) atoms. The molecule has 0 saturated heterocycles. The molecule has 0 saturated carbocycles. The Hall–Kier alpha value is -3.80. The van der Waals surface area contributed by atoms with E-state index in [1.807, 2.05) is 6.07 Å². The molecule has 1 aromatic heterocycles. The van der Waals surface area contributed by atoms with Crippen LogP contribution in [0.15, 0.2) is 22.6 Å². The van der Waals surface area contributed by atoms with Gasteiger partial charge in [-0.05, 0) is 32.0 Å². The Bertz CT molecular complexity index is 1030. The van der Waals surface area contributed by atoms with Gasteiger partial charge in [-0.25, -0.2) is 0 Å². The van der Waals surface area contributed by atoms with Gasteiger partial charge in [0.05, 0.1) is 6.42 Å². The Morgan fingerprint density at radius 3 is 2.60 bits per heavy atom. The first-order chi connectivity index (χ1) is 14.4. The van der Waals surface area contributed by atoms with E-state index in [1.54, 1.807) is 32.0 Å². The predicted molar refractivity (Wildman–Crippen MR) is 103 cm³/mol. The van der Waals surface area contributed by atoms with E-state index < -0.39 is 18.5 Å². The molecule has 0 atom stereocenters. The number of ether oxygens (including phenoxy) is 3. The van der Waals surface area contributed by atoms with Gasteiger partial charge >= 0.3 is 5.97 Å². The molecule has 1 N–H and O–H groups in total. The molecule has 0 aliphatic carbocycles. The van der Waals surface area contributed by atoms with Gasteiger partial charge in [-0.2, -0.15) is 5.26 Å². The van der Waals surface area contributed by atoms with Crippen molar-refractivity contribution >= 4 is 23.5 Å². The molecule has 0 unspecified atom stereocenters. The Balaban J connectivity index is 1.46. The van der Waals surface area contributed by atoms with Crippen molar-refractivity contribution in [2.45, 2.75) is 26.7 Å². The zero-order valence-corrected chi connectivity index (χ0v) is 16.6. The molecule has 9 heteroatoms. The number of benzene rings is 1. The fourth-order valence-electron chi connectivity index (χ4n) is 2.81. The highest BCUT2D eigenvalue weighted by atomic mass is 16.6. The molecule has 156 valence electrons. The van der Waals surface area contributed by atoms with Crippen molar-refractivity contribution in [3.05, 3.63) is 40.6 Å². The summed E-state index contributed by atoms with van der Waals surface area (Å²) in [6, 6.07) is 6.79. The second kappa shape index (κ2) is 9.13. The van der Waals surface area contributed by atoms with Crippen molar-refractivity contribution < 1.29 is 33.0 Å². The van der Waals surface area contributed by atoms with E-state index in [1.165, 1.54) is 0 Å². The van der Waals surface area contributed by atoms with Crippen LogP contribution in [0, 0.1) is 25.2 Å². The second-order valence-corrected chi connectivity index (χ2v) is 6.59. The molecule has 1 aliphatic rings. The molecule has 9 nitrogen and oxygen atoms in total. The van der Waals surface area contributed by atoms with E-state index in [4.69, 9.17) is 23.9 Å². The van der Waals surface area contributed by atoms with Gasteiger partial charge in [0.1, 0.15) is 30.6 Å². The number of furan rings is 1. The van der Waals surface area contributed by atoms with Crippen LogP contribution in [0.3, 0.4) is 0 Å². The van der Waals surface area contributed by atoms with Crippen LogP contribution in [0.2, 0.25) is 0 Å². The van der Waals surface area contributed by atoms with Crippen molar-refractivity contribution in [2.75, 3.05) is 25.1 Å². The molecule has 1 amide bonds. The van der Waals surface area contributed by atoms with Crippen LogP contribution in [-0.2, 0) is 14.3 Å². The van der Waals surface area contributed by atoms with E-state index in [-0.39, 0.29) is 30.1 Å². The summed E-state index contributed by atoms with van der Waals surface area (Å²) in [5, 5.41) is 11.5. The Morgan fingerprint density at radius 2 is 1.87 bits per heavy atom. The lowest BCUT2D eigenvalue weighted by Gasteiger charge is -2.18. The topological polar surface area (TPSA) is 128 Å². The summed E-state index contributed by atoms with van der Waals surface area (Å²) in [6.07, 6.45) is -0.252. The predicted octanol–water partition coefficient (Wildman–Crippen LogP) is 2.68. The SMILES string of the molecule is Cc1oc(NC(=O)COC(=O)CCC(=O)c2ccc3c(c2)OCCO3)c(C#N)c1C. The van der Waals surface area contributed by atoms with Crippen LogP contribution in [-0.4, -0.2) is 37.5 Å². The molecule has 1 aromatic carbocycles. The quantitative estimate of drug-likeness (QED) is 0.543. The van der Waals surface area contributed by atoms with Gasteiger partial charge in [-0.1, -0.05) is 0 Å². The highest BCUT2D eigenvalue weighted by molar-refractivity contribution is 5.98. The normalized spacial score (nSPS) is 12.0. The van der Waals surface area contributed by atoms with Crippen LogP contribution in [0.1, 0.15) is 40.1 Å². The van der Waals surface area contributed by atoms with Gasteiger partial charge in [-0.3, -0.25) is 19.7 Å². The van der Waals surface area contributed by atoms with Crippen molar-refractivity contribution in [1.29, 1.82) is 5.26 Å². The molecule has 0 fully saturated rings. The maximum atomic E-state index is 12.3. The summed E-state index contributed by atoms with van der Waals surface area (Å²) < 4.78 is 21.1. The maximum absolute atomic E-state index is 12.3. The van der Waals surface area contributed by atoms with Crippen molar-refractivity contribution in [3.8, 4) is 17.6 Å². The number of rotatable bonds is 7. The highest BCUT2D eigenvalue weighted by Crippen LogP contribution is 2.31. The van der Waals surface area contributed by atoms with Gasteiger partial charge in [0.15, 0.2) is 23.9 Å². The van der Waals surface area contributed by atoms with Gasteiger partial charge in [0, 0.05) is 17.5 Å². The lowest BCUT2D eigenvalue weighted by Crippen LogP contribution is -2.21. The molecule has 0 bridgehead atoms. The minimum atomic E-state index is -0.691. The number of carbonyl (C=O) groups is 3. The molecule has 1 aliphatic heterocycles. The molecule has 0 radical (unpaired) electrons. The monoisotopic (exact) mass is 412 g/mol. The first-order valence-electron chi connectivity index (χ1n) is 9.27. The van der Waals surface area contributed by atoms with E-state index in [0.717, 1.165) is 0 Å². The number of hydrogen-bond acceptors (Lipinski definition) is 8. The van der Waals surface area contributed by atoms with Crippen molar-refractivity contribution in [2.24, 2.45) is 0 Å². The molecular weight excluding hydrogens is 392 g/mol. The summed E-state index contributed by atoms with van der Waals surface area (Å²) >= 11 is 0. The van der Waals surface area contributed by atoms with Crippen LogP contribution in [0.5, 0.6) is 11.5 Å².